The van der Waals surface area contributed by atoms with E-state index >= 15 is 0 Å². The first-order chi connectivity index (χ1) is 7.41. The van der Waals surface area contributed by atoms with Gasteiger partial charge in [0, 0.05) is 27.0 Å². The van der Waals surface area contributed by atoms with Crippen LogP contribution in [0.25, 0.3) is 0 Å². The minimum atomic E-state index is -0.562. The summed E-state index contributed by atoms with van der Waals surface area (Å²) in [5.74, 6) is -1.21. The molecule has 0 aliphatic heterocycles. The Bertz CT molecular complexity index is 347. The zero-order valence-corrected chi connectivity index (χ0v) is 9.23. The van der Waals surface area contributed by atoms with Crippen molar-refractivity contribution in [1.29, 1.82) is 0 Å². The van der Waals surface area contributed by atoms with Crippen LogP contribution in [0, 0.1) is 0 Å². The smallest absolute Gasteiger partial charge is 0.310 e. The SMILES string of the molecule is CC(=O)Nc1cn[nH]c1.CC(=O)OC(C)=O. The molecule has 1 aromatic heterocycles. The first kappa shape index (κ1) is 13.8. The number of aromatic amines is 1. The first-order valence-corrected chi connectivity index (χ1v) is 4.37. The number of anilines is 1. The predicted molar refractivity (Wildman–Crippen MR) is 55.3 cm³/mol. The van der Waals surface area contributed by atoms with Gasteiger partial charge in [-0.15, -0.1) is 0 Å². The van der Waals surface area contributed by atoms with E-state index in [9.17, 15) is 14.4 Å². The maximum atomic E-state index is 10.4. The van der Waals surface area contributed by atoms with Crippen molar-refractivity contribution in [2.45, 2.75) is 20.8 Å². The molecule has 88 valence electrons. The molecule has 0 radical (unpaired) electrons. The number of nitrogens with one attached hydrogen (secondary N) is 2. The van der Waals surface area contributed by atoms with Crippen LogP contribution in [0.2, 0.25) is 0 Å². The highest BCUT2D eigenvalue weighted by atomic mass is 16.6. The molecular formula is C9H13N3O4. The molecule has 16 heavy (non-hydrogen) atoms. The lowest BCUT2D eigenvalue weighted by molar-refractivity contribution is -0.156. The van der Waals surface area contributed by atoms with Crippen LogP contribution in [-0.4, -0.2) is 28.0 Å². The standard InChI is InChI=1S/C5H7N3O.C4H6O3/c1-4(9)8-5-2-6-7-3-5;1-3(5)7-4(2)6/h2-3H,1H3,(H,6,7)(H,8,9);1-2H3. The molecule has 0 atom stereocenters. The lowest BCUT2D eigenvalue weighted by atomic mass is 10.5. The molecule has 0 unspecified atom stereocenters. The number of H-pyrrole nitrogens is 1. The number of hydrogen-bond donors (Lipinski definition) is 2. The van der Waals surface area contributed by atoms with Gasteiger partial charge in [-0.1, -0.05) is 0 Å². The van der Waals surface area contributed by atoms with Crippen molar-refractivity contribution in [2.24, 2.45) is 0 Å². The second kappa shape index (κ2) is 7.16. The number of amides is 1. The minimum Gasteiger partial charge on any atom is -0.394 e. The largest absolute Gasteiger partial charge is 0.394 e. The number of nitrogens with zero attached hydrogens (tertiary/aromatic N) is 1. The van der Waals surface area contributed by atoms with Gasteiger partial charge < -0.3 is 10.1 Å². The fraction of sp³-hybridized carbons (Fsp3) is 0.333. The number of aromatic nitrogens is 2. The van der Waals surface area contributed by atoms with Crippen LogP contribution in [-0.2, 0) is 19.1 Å². The molecule has 7 nitrogen and oxygen atoms in total. The van der Waals surface area contributed by atoms with E-state index in [0.717, 1.165) is 0 Å². The van der Waals surface area contributed by atoms with Crippen LogP contribution in [0.4, 0.5) is 5.69 Å². The quantitative estimate of drug-likeness (QED) is 0.536. The van der Waals surface area contributed by atoms with Crippen molar-refractivity contribution in [2.75, 3.05) is 5.32 Å². The lowest BCUT2D eigenvalue weighted by Gasteiger charge is -1.91. The summed E-state index contributed by atoms with van der Waals surface area (Å²) < 4.78 is 3.97. The maximum absolute atomic E-state index is 10.4. The molecule has 0 aromatic carbocycles. The van der Waals surface area contributed by atoms with Crippen LogP contribution in [0.5, 0.6) is 0 Å². The molecular weight excluding hydrogens is 214 g/mol. The van der Waals surface area contributed by atoms with Crippen molar-refractivity contribution in [3.8, 4) is 0 Å². The number of rotatable bonds is 1. The molecule has 0 spiro atoms. The number of carbonyl (C=O) groups excluding carboxylic acids is 3. The average Bonchev–Trinajstić information content (AvgIpc) is 2.53. The molecule has 0 fully saturated rings. The molecule has 0 aliphatic rings. The van der Waals surface area contributed by atoms with E-state index in [-0.39, 0.29) is 5.91 Å². The fourth-order valence-electron chi connectivity index (χ4n) is 0.725. The van der Waals surface area contributed by atoms with Crippen LogP contribution in [0.1, 0.15) is 20.8 Å². The molecule has 0 saturated heterocycles. The Balaban J connectivity index is 0.000000293. The van der Waals surface area contributed by atoms with E-state index < -0.39 is 11.9 Å². The zero-order chi connectivity index (χ0) is 12.6. The third-order valence-electron chi connectivity index (χ3n) is 1.11. The van der Waals surface area contributed by atoms with Crippen LogP contribution >= 0.6 is 0 Å². The minimum absolute atomic E-state index is 0.0867. The van der Waals surface area contributed by atoms with Gasteiger partial charge in [0.05, 0.1) is 11.9 Å². The summed E-state index contributed by atoms with van der Waals surface area (Å²) in [6.07, 6.45) is 3.16. The van der Waals surface area contributed by atoms with Gasteiger partial charge in [-0.2, -0.15) is 5.10 Å². The van der Waals surface area contributed by atoms with E-state index in [2.05, 4.69) is 20.3 Å². The monoisotopic (exact) mass is 227 g/mol. The van der Waals surface area contributed by atoms with Gasteiger partial charge in [-0.25, -0.2) is 0 Å². The number of ether oxygens (including phenoxy) is 1. The highest BCUT2D eigenvalue weighted by Crippen LogP contribution is 1.98. The van der Waals surface area contributed by atoms with E-state index in [0.29, 0.717) is 5.69 Å². The number of carbonyl (C=O) groups is 3. The summed E-state index contributed by atoms with van der Waals surface area (Å²) in [4.78, 5) is 30.0. The normalized spacial score (nSPS) is 8.44. The Morgan fingerprint density at radius 3 is 2.06 bits per heavy atom. The van der Waals surface area contributed by atoms with E-state index in [1.54, 1.807) is 12.4 Å². The van der Waals surface area contributed by atoms with Crippen molar-refractivity contribution in [3.05, 3.63) is 12.4 Å². The van der Waals surface area contributed by atoms with Gasteiger partial charge in [0.25, 0.3) is 0 Å². The van der Waals surface area contributed by atoms with Crippen molar-refractivity contribution in [1.82, 2.24) is 10.2 Å². The molecule has 2 N–H and O–H groups in total. The molecule has 0 bridgehead atoms. The Labute approximate surface area is 92.2 Å². The third kappa shape index (κ3) is 8.42. The molecule has 1 aromatic rings. The zero-order valence-electron chi connectivity index (χ0n) is 9.23. The Morgan fingerprint density at radius 1 is 1.25 bits per heavy atom. The summed E-state index contributed by atoms with van der Waals surface area (Å²) in [5.41, 5.74) is 0.697. The summed E-state index contributed by atoms with van der Waals surface area (Å²) in [6.45, 7) is 3.82. The Kier molecular flexibility index (Phi) is 6.18. The van der Waals surface area contributed by atoms with E-state index in [1.807, 2.05) is 0 Å². The fourth-order valence-corrected chi connectivity index (χ4v) is 0.725. The highest BCUT2D eigenvalue weighted by molar-refractivity contribution is 5.88. The number of hydrogen-bond acceptors (Lipinski definition) is 5. The summed E-state index contributed by atoms with van der Waals surface area (Å²) >= 11 is 0. The van der Waals surface area contributed by atoms with Gasteiger partial charge in [0.15, 0.2) is 0 Å². The third-order valence-corrected chi connectivity index (χ3v) is 1.11. The molecule has 1 rings (SSSR count). The first-order valence-electron chi connectivity index (χ1n) is 4.37. The summed E-state index contributed by atoms with van der Waals surface area (Å²) in [6, 6.07) is 0. The molecule has 0 aliphatic carbocycles. The maximum Gasteiger partial charge on any atom is 0.310 e. The van der Waals surface area contributed by atoms with Crippen molar-refractivity contribution >= 4 is 23.5 Å². The second-order valence-corrected chi connectivity index (χ2v) is 2.75. The van der Waals surface area contributed by atoms with Gasteiger partial charge in [-0.3, -0.25) is 19.5 Å². The van der Waals surface area contributed by atoms with Gasteiger partial charge >= 0.3 is 11.9 Å². The van der Waals surface area contributed by atoms with E-state index in [4.69, 9.17) is 0 Å². The Morgan fingerprint density at radius 2 is 1.81 bits per heavy atom. The Hall–Kier alpha value is -2.18. The molecule has 0 saturated carbocycles. The van der Waals surface area contributed by atoms with Crippen molar-refractivity contribution < 1.29 is 19.1 Å². The van der Waals surface area contributed by atoms with Crippen LogP contribution in [0.15, 0.2) is 12.4 Å². The van der Waals surface area contributed by atoms with E-state index in [1.165, 1.54) is 20.8 Å². The molecule has 7 heteroatoms. The van der Waals surface area contributed by atoms with Gasteiger partial charge in [0.1, 0.15) is 0 Å². The average molecular weight is 227 g/mol. The van der Waals surface area contributed by atoms with Gasteiger partial charge in [0.2, 0.25) is 5.91 Å². The highest BCUT2D eigenvalue weighted by Gasteiger charge is 1.93. The molecule has 1 amide bonds. The van der Waals surface area contributed by atoms with Crippen molar-refractivity contribution in [3.63, 3.8) is 0 Å². The summed E-state index contributed by atoms with van der Waals surface area (Å²) in [7, 11) is 0. The molecule has 1 heterocycles. The lowest BCUT2D eigenvalue weighted by Crippen LogP contribution is -2.04. The van der Waals surface area contributed by atoms with Crippen LogP contribution in [0.3, 0.4) is 0 Å². The predicted octanol–water partition coefficient (Wildman–Crippen LogP) is 0.464. The van der Waals surface area contributed by atoms with Crippen LogP contribution < -0.4 is 5.32 Å². The summed E-state index contributed by atoms with van der Waals surface area (Å²) in [5, 5.41) is 8.76. The van der Waals surface area contributed by atoms with Gasteiger partial charge in [-0.05, 0) is 0 Å². The number of esters is 2. The topological polar surface area (TPSA) is 101 Å². The second-order valence-electron chi connectivity index (χ2n) is 2.75.